The molecule has 0 bridgehead atoms. The minimum Gasteiger partial charge on any atom is -0.494 e. The first-order valence-corrected chi connectivity index (χ1v) is 7.14. The van der Waals surface area contributed by atoms with E-state index in [4.69, 9.17) is 4.74 Å². The van der Waals surface area contributed by atoms with Gasteiger partial charge in [0, 0.05) is 12.4 Å². The number of aryl methyl sites for hydroxylation is 1. The molecular formula is C17H21FN2O. The normalized spacial score (nSPS) is 12.2. The van der Waals surface area contributed by atoms with Crippen molar-refractivity contribution in [2.24, 2.45) is 0 Å². The summed E-state index contributed by atoms with van der Waals surface area (Å²) in [7, 11) is 1.47. The largest absolute Gasteiger partial charge is 0.494 e. The minimum absolute atomic E-state index is 0.0703. The van der Waals surface area contributed by atoms with Gasteiger partial charge in [0.1, 0.15) is 0 Å². The molecule has 0 amide bonds. The first kappa shape index (κ1) is 15.4. The number of halogens is 1. The third kappa shape index (κ3) is 3.58. The second-order valence-corrected chi connectivity index (χ2v) is 5.01. The molecule has 1 N–H and O–H groups in total. The van der Waals surface area contributed by atoms with Crippen LogP contribution >= 0.6 is 0 Å². The van der Waals surface area contributed by atoms with Gasteiger partial charge in [-0.2, -0.15) is 0 Å². The molecule has 112 valence electrons. The summed E-state index contributed by atoms with van der Waals surface area (Å²) in [6.07, 6.45) is 4.61. The van der Waals surface area contributed by atoms with E-state index in [2.05, 4.69) is 17.2 Å². The van der Waals surface area contributed by atoms with E-state index < -0.39 is 0 Å². The van der Waals surface area contributed by atoms with Crippen LogP contribution in [-0.4, -0.2) is 18.6 Å². The zero-order chi connectivity index (χ0) is 15.2. The van der Waals surface area contributed by atoms with Gasteiger partial charge in [-0.1, -0.05) is 13.0 Å². The van der Waals surface area contributed by atoms with E-state index in [-0.39, 0.29) is 17.6 Å². The fourth-order valence-electron chi connectivity index (χ4n) is 2.34. The zero-order valence-electron chi connectivity index (χ0n) is 12.7. The molecule has 0 aliphatic heterocycles. The molecule has 2 aromatic rings. The molecule has 0 radical (unpaired) electrons. The van der Waals surface area contributed by atoms with Gasteiger partial charge in [-0.05, 0) is 54.8 Å². The average molecular weight is 288 g/mol. The van der Waals surface area contributed by atoms with Crippen LogP contribution in [0.4, 0.5) is 4.39 Å². The third-order valence-corrected chi connectivity index (χ3v) is 3.50. The van der Waals surface area contributed by atoms with Gasteiger partial charge in [-0.3, -0.25) is 4.98 Å². The maximum Gasteiger partial charge on any atom is 0.165 e. The van der Waals surface area contributed by atoms with Crippen molar-refractivity contribution in [3.8, 4) is 5.75 Å². The molecule has 0 aliphatic rings. The number of nitrogens with zero attached hydrogens (tertiary/aromatic N) is 1. The van der Waals surface area contributed by atoms with Gasteiger partial charge in [-0.25, -0.2) is 4.39 Å². The quantitative estimate of drug-likeness (QED) is 0.881. The van der Waals surface area contributed by atoms with Crippen LogP contribution in [0.1, 0.15) is 36.1 Å². The minimum atomic E-state index is -0.347. The number of methoxy groups -OCH3 is 1. The molecule has 0 spiro atoms. The molecule has 1 aromatic heterocycles. The van der Waals surface area contributed by atoms with Crippen LogP contribution in [-0.2, 0) is 0 Å². The highest BCUT2D eigenvalue weighted by Gasteiger charge is 2.17. The second-order valence-electron chi connectivity index (χ2n) is 5.01. The van der Waals surface area contributed by atoms with Crippen molar-refractivity contribution in [3.63, 3.8) is 0 Å². The molecule has 3 nitrogen and oxygen atoms in total. The van der Waals surface area contributed by atoms with Crippen LogP contribution in [0.3, 0.4) is 0 Å². The average Bonchev–Trinajstić information content (AvgIpc) is 2.49. The summed E-state index contributed by atoms with van der Waals surface area (Å²) >= 11 is 0. The van der Waals surface area contributed by atoms with E-state index >= 15 is 0 Å². The summed E-state index contributed by atoms with van der Waals surface area (Å²) in [4.78, 5) is 4.20. The van der Waals surface area contributed by atoms with E-state index in [9.17, 15) is 4.39 Å². The van der Waals surface area contributed by atoms with Crippen LogP contribution in [0, 0.1) is 12.7 Å². The van der Waals surface area contributed by atoms with Gasteiger partial charge in [0.15, 0.2) is 11.6 Å². The van der Waals surface area contributed by atoms with Crippen molar-refractivity contribution in [3.05, 3.63) is 59.2 Å². The molecular weight excluding hydrogens is 267 g/mol. The van der Waals surface area contributed by atoms with Crippen molar-refractivity contribution < 1.29 is 9.13 Å². The fourth-order valence-corrected chi connectivity index (χ4v) is 2.34. The maximum atomic E-state index is 14.0. The lowest BCUT2D eigenvalue weighted by Crippen LogP contribution is -2.24. The van der Waals surface area contributed by atoms with E-state index in [1.54, 1.807) is 12.3 Å². The summed E-state index contributed by atoms with van der Waals surface area (Å²) in [6, 6.07) is 6.98. The highest BCUT2D eigenvalue weighted by molar-refractivity contribution is 5.38. The predicted molar refractivity (Wildman–Crippen MR) is 82.1 cm³/mol. The number of hydrogen-bond donors (Lipinski definition) is 1. The van der Waals surface area contributed by atoms with Crippen LogP contribution in [0.25, 0.3) is 0 Å². The van der Waals surface area contributed by atoms with E-state index in [1.807, 2.05) is 25.3 Å². The highest BCUT2D eigenvalue weighted by Crippen LogP contribution is 2.27. The Balaban J connectivity index is 2.40. The highest BCUT2D eigenvalue weighted by atomic mass is 19.1. The molecule has 0 fully saturated rings. The number of hydrogen-bond acceptors (Lipinski definition) is 3. The lowest BCUT2D eigenvalue weighted by molar-refractivity contribution is 0.385. The molecule has 1 unspecified atom stereocenters. The predicted octanol–water partition coefficient (Wildman–Crippen LogP) is 3.63. The summed E-state index contributed by atoms with van der Waals surface area (Å²) < 4.78 is 19.0. The Bertz CT molecular complexity index is 601. The van der Waals surface area contributed by atoms with Crippen LogP contribution in [0.2, 0.25) is 0 Å². The Morgan fingerprint density at radius 3 is 2.76 bits per heavy atom. The summed E-state index contributed by atoms with van der Waals surface area (Å²) in [5.41, 5.74) is 3.07. The van der Waals surface area contributed by atoms with E-state index in [0.717, 1.165) is 29.7 Å². The number of benzene rings is 1. The third-order valence-electron chi connectivity index (χ3n) is 3.50. The van der Waals surface area contributed by atoms with Gasteiger partial charge < -0.3 is 10.1 Å². The Labute approximate surface area is 125 Å². The molecule has 21 heavy (non-hydrogen) atoms. The van der Waals surface area contributed by atoms with Gasteiger partial charge in [0.25, 0.3) is 0 Å². The summed E-state index contributed by atoms with van der Waals surface area (Å²) in [5.74, 6) is -0.0873. The van der Waals surface area contributed by atoms with Crippen molar-refractivity contribution >= 4 is 0 Å². The van der Waals surface area contributed by atoms with Gasteiger partial charge in [0.2, 0.25) is 0 Å². The molecule has 1 aromatic carbocycles. The Morgan fingerprint density at radius 2 is 2.14 bits per heavy atom. The Hall–Kier alpha value is -1.94. The number of rotatable bonds is 6. The van der Waals surface area contributed by atoms with Crippen LogP contribution < -0.4 is 10.1 Å². The zero-order valence-corrected chi connectivity index (χ0v) is 12.7. The molecule has 0 saturated carbocycles. The fraction of sp³-hybridized carbons (Fsp3) is 0.353. The second kappa shape index (κ2) is 7.18. The number of nitrogens with one attached hydrogen (secondary N) is 1. The van der Waals surface area contributed by atoms with E-state index in [0.29, 0.717) is 0 Å². The first-order chi connectivity index (χ1) is 10.2. The van der Waals surface area contributed by atoms with Crippen LogP contribution in [0.5, 0.6) is 5.75 Å². The smallest absolute Gasteiger partial charge is 0.165 e. The molecule has 4 heteroatoms. The van der Waals surface area contributed by atoms with Crippen LogP contribution in [0.15, 0.2) is 36.7 Å². The molecule has 0 saturated heterocycles. The van der Waals surface area contributed by atoms with Crippen molar-refractivity contribution in [2.45, 2.75) is 26.3 Å². The Kier molecular flexibility index (Phi) is 5.28. The summed E-state index contributed by atoms with van der Waals surface area (Å²) in [6.45, 7) is 5.00. The van der Waals surface area contributed by atoms with Gasteiger partial charge in [-0.15, -0.1) is 0 Å². The number of pyridine rings is 1. The molecule has 1 atom stereocenters. The lowest BCUT2D eigenvalue weighted by Gasteiger charge is -2.21. The van der Waals surface area contributed by atoms with Crippen molar-refractivity contribution in [1.82, 2.24) is 10.3 Å². The standard InChI is InChI=1S/C17H21FN2O/c1-4-8-20-17(14-11-19-9-7-12(14)2)13-5-6-16(21-3)15(18)10-13/h5-7,9-11,17,20H,4,8H2,1-3H3. The maximum absolute atomic E-state index is 14.0. The summed E-state index contributed by atoms with van der Waals surface area (Å²) in [5, 5.41) is 3.46. The lowest BCUT2D eigenvalue weighted by atomic mass is 9.96. The van der Waals surface area contributed by atoms with Gasteiger partial charge in [0.05, 0.1) is 13.2 Å². The topological polar surface area (TPSA) is 34.1 Å². The van der Waals surface area contributed by atoms with Crippen molar-refractivity contribution in [2.75, 3.05) is 13.7 Å². The molecule has 2 rings (SSSR count). The first-order valence-electron chi connectivity index (χ1n) is 7.14. The van der Waals surface area contributed by atoms with Gasteiger partial charge >= 0.3 is 0 Å². The van der Waals surface area contributed by atoms with E-state index in [1.165, 1.54) is 13.2 Å². The molecule has 0 aliphatic carbocycles. The van der Waals surface area contributed by atoms with Crippen molar-refractivity contribution in [1.29, 1.82) is 0 Å². The molecule has 1 heterocycles. The number of ether oxygens (including phenoxy) is 1. The SMILES string of the molecule is CCCNC(c1ccc(OC)c(F)c1)c1cnccc1C. The number of aromatic nitrogens is 1. The monoisotopic (exact) mass is 288 g/mol. The Morgan fingerprint density at radius 1 is 1.33 bits per heavy atom.